The van der Waals surface area contributed by atoms with Gasteiger partial charge >= 0.3 is 0 Å². The normalized spacial score (nSPS) is 10.7. The molecule has 4 aromatic rings. The van der Waals surface area contributed by atoms with Gasteiger partial charge in [0.25, 0.3) is 5.91 Å². The van der Waals surface area contributed by atoms with Crippen molar-refractivity contribution >= 4 is 21.8 Å². The smallest absolute Gasteiger partial charge is 0.252 e. The molecule has 29 heavy (non-hydrogen) atoms. The standard InChI is InChI=1S/C22H16BrFN4O/c23-20-12-17(24)6-7-19(20)22(29)26-13-16-14-28(18-4-2-1-3-5-18)27-21(16)15-8-10-25-11-9-15/h1-12,14H,13H2,(H,26,29). The third kappa shape index (κ3) is 4.25. The topological polar surface area (TPSA) is 59.8 Å². The lowest BCUT2D eigenvalue weighted by molar-refractivity contribution is 0.0950. The Hall–Kier alpha value is -3.32. The van der Waals surface area contributed by atoms with Gasteiger partial charge in [0.1, 0.15) is 5.82 Å². The molecule has 5 nitrogen and oxygen atoms in total. The number of benzene rings is 2. The Bertz CT molecular complexity index is 1150. The average molecular weight is 451 g/mol. The molecule has 1 amide bonds. The monoisotopic (exact) mass is 450 g/mol. The maximum Gasteiger partial charge on any atom is 0.252 e. The van der Waals surface area contributed by atoms with Crippen LogP contribution in [0.5, 0.6) is 0 Å². The van der Waals surface area contributed by atoms with Crippen LogP contribution in [0.1, 0.15) is 15.9 Å². The van der Waals surface area contributed by atoms with Crippen molar-refractivity contribution in [3.63, 3.8) is 0 Å². The summed E-state index contributed by atoms with van der Waals surface area (Å²) in [5, 5.41) is 7.60. The maximum absolute atomic E-state index is 13.3. The average Bonchev–Trinajstić information content (AvgIpc) is 3.18. The lowest BCUT2D eigenvalue weighted by Gasteiger charge is -2.07. The molecule has 7 heteroatoms. The van der Waals surface area contributed by atoms with Gasteiger partial charge in [-0.1, -0.05) is 18.2 Å². The number of nitrogens with one attached hydrogen (secondary N) is 1. The van der Waals surface area contributed by atoms with Crippen LogP contribution in [-0.2, 0) is 6.54 Å². The number of amides is 1. The molecule has 0 fully saturated rings. The molecular formula is C22H16BrFN4O. The van der Waals surface area contributed by atoms with E-state index in [0.29, 0.717) is 10.0 Å². The SMILES string of the molecule is O=C(NCc1cn(-c2ccccc2)nc1-c1ccncc1)c1ccc(F)cc1Br. The zero-order chi connectivity index (χ0) is 20.2. The summed E-state index contributed by atoms with van der Waals surface area (Å²) in [5.74, 6) is -0.706. The Labute approximate surface area is 175 Å². The van der Waals surface area contributed by atoms with E-state index in [1.807, 2.05) is 48.7 Å². The first-order chi connectivity index (χ1) is 14.1. The van der Waals surface area contributed by atoms with Crippen LogP contribution in [0.4, 0.5) is 4.39 Å². The first-order valence-electron chi connectivity index (χ1n) is 8.89. The number of rotatable bonds is 5. The minimum Gasteiger partial charge on any atom is -0.348 e. The molecule has 144 valence electrons. The number of nitrogens with zero attached hydrogens (tertiary/aromatic N) is 3. The van der Waals surface area contributed by atoms with E-state index in [9.17, 15) is 9.18 Å². The van der Waals surface area contributed by atoms with Gasteiger partial charge in [-0.05, 0) is 58.4 Å². The third-order valence-corrected chi connectivity index (χ3v) is 5.04. The Kier molecular flexibility index (Phi) is 5.48. The van der Waals surface area contributed by atoms with Crippen molar-refractivity contribution in [2.45, 2.75) is 6.54 Å². The van der Waals surface area contributed by atoms with Crippen molar-refractivity contribution in [3.05, 3.63) is 101 Å². The fourth-order valence-corrected chi connectivity index (χ4v) is 3.48. The number of pyridine rings is 1. The predicted molar refractivity (Wildman–Crippen MR) is 112 cm³/mol. The van der Waals surface area contributed by atoms with Crippen LogP contribution >= 0.6 is 15.9 Å². The van der Waals surface area contributed by atoms with E-state index in [1.165, 1.54) is 18.2 Å². The highest BCUT2D eigenvalue weighted by molar-refractivity contribution is 9.10. The first kappa shape index (κ1) is 19.0. The maximum atomic E-state index is 13.3. The van der Waals surface area contributed by atoms with Crippen molar-refractivity contribution in [2.24, 2.45) is 0 Å². The van der Waals surface area contributed by atoms with Crippen LogP contribution in [0, 0.1) is 5.82 Å². The van der Waals surface area contributed by atoms with Gasteiger partial charge in [0.2, 0.25) is 0 Å². The summed E-state index contributed by atoms with van der Waals surface area (Å²) < 4.78 is 15.5. The van der Waals surface area contributed by atoms with Crippen LogP contribution in [0.3, 0.4) is 0 Å². The molecule has 0 radical (unpaired) electrons. The largest absolute Gasteiger partial charge is 0.348 e. The molecule has 0 aliphatic carbocycles. The van der Waals surface area contributed by atoms with E-state index >= 15 is 0 Å². The van der Waals surface area contributed by atoms with Crippen LogP contribution < -0.4 is 5.32 Å². The quantitative estimate of drug-likeness (QED) is 0.476. The molecule has 2 heterocycles. The molecule has 2 aromatic heterocycles. The van der Waals surface area contributed by atoms with Gasteiger partial charge in [-0.2, -0.15) is 5.10 Å². The Morgan fingerprint density at radius 1 is 1.07 bits per heavy atom. The highest BCUT2D eigenvalue weighted by atomic mass is 79.9. The fourth-order valence-electron chi connectivity index (χ4n) is 2.95. The van der Waals surface area contributed by atoms with E-state index in [4.69, 9.17) is 5.10 Å². The van der Waals surface area contributed by atoms with Gasteiger partial charge in [-0.25, -0.2) is 9.07 Å². The summed E-state index contributed by atoms with van der Waals surface area (Å²) in [6.45, 7) is 0.271. The molecule has 0 spiro atoms. The minimum absolute atomic E-state index is 0.271. The molecule has 0 saturated heterocycles. The van der Waals surface area contributed by atoms with Gasteiger partial charge in [0.15, 0.2) is 0 Å². The van der Waals surface area contributed by atoms with Gasteiger partial charge in [-0.3, -0.25) is 9.78 Å². The number of carbonyl (C=O) groups is 1. The van der Waals surface area contributed by atoms with Crippen LogP contribution in [0.15, 0.2) is 83.7 Å². The van der Waals surface area contributed by atoms with Gasteiger partial charge in [0.05, 0.1) is 16.9 Å². The predicted octanol–water partition coefficient (Wildman–Crippen LogP) is 4.77. The molecule has 0 unspecified atom stereocenters. The first-order valence-corrected chi connectivity index (χ1v) is 9.69. The molecule has 0 aliphatic rings. The van der Waals surface area contributed by atoms with E-state index in [1.54, 1.807) is 17.1 Å². The van der Waals surface area contributed by atoms with E-state index in [0.717, 1.165) is 22.5 Å². The van der Waals surface area contributed by atoms with Crippen molar-refractivity contribution in [1.29, 1.82) is 0 Å². The highest BCUT2D eigenvalue weighted by Gasteiger charge is 2.15. The van der Waals surface area contributed by atoms with Crippen molar-refractivity contribution in [2.75, 3.05) is 0 Å². The zero-order valence-electron chi connectivity index (χ0n) is 15.2. The summed E-state index contributed by atoms with van der Waals surface area (Å²) >= 11 is 3.24. The van der Waals surface area contributed by atoms with E-state index in [-0.39, 0.29) is 12.5 Å². The zero-order valence-corrected chi connectivity index (χ0v) is 16.8. The molecule has 0 bridgehead atoms. The molecule has 1 N–H and O–H groups in total. The number of halogens is 2. The second-order valence-electron chi connectivity index (χ2n) is 6.33. The second kappa shape index (κ2) is 8.36. The number of aromatic nitrogens is 3. The third-order valence-electron chi connectivity index (χ3n) is 4.38. The number of hydrogen-bond acceptors (Lipinski definition) is 3. The lowest BCUT2D eigenvalue weighted by atomic mass is 10.1. The Morgan fingerprint density at radius 2 is 1.83 bits per heavy atom. The van der Waals surface area contributed by atoms with Crippen molar-refractivity contribution in [3.8, 4) is 16.9 Å². The summed E-state index contributed by atoms with van der Waals surface area (Å²) in [6.07, 6.45) is 5.30. The number of carbonyl (C=O) groups excluding carboxylic acids is 1. The van der Waals surface area contributed by atoms with E-state index < -0.39 is 5.82 Å². The van der Waals surface area contributed by atoms with Gasteiger partial charge in [-0.15, -0.1) is 0 Å². The second-order valence-corrected chi connectivity index (χ2v) is 7.18. The summed E-state index contributed by atoms with van der Waals surface area (Å²) in [5.41, 5.74) is 3.80. The van der Waals surface area contributed by atoms with Crippen molar-refractivity contribution < 1.29 is 9.18 Å². The highest BCUT2D eigenvalue weighted by Crippen LogP contribution is 2.24. The number of hydrogen-bond donors (Lipinski definition) is 1. The van der Waals surface area contributed by atoms with Gasteiger partial charge < -0.3 is 5.32 Å². The van der Waals surface area contributed by atoms with Gasteiger partial charge in [0, 0.05) is 40.7 Å². The Morgan fingerprint density at radius 3 is 2.55 bits per heavy atom. The minimum atomic E-state index is -0.405. The molecule has 4 rings (SSSR count). The summed E-state index contributed by atoms with van der Waals surface area (Å²) in [7, 11) is 0. The van der Waals surface area contributed by atoms with Crippen molar-refractivity contribution in [1.82, 2.24) is 20.1 Å². The molecule has 2 aromatic carbocycles. The molecule has 0 saturated carbocycles. The fraction of sp³-hybridized carbons (Fsp3) is 0.0455. The van der Waals surface area contributed by atoms with Crippen LogP contribution in [-0.4, -0.2) is 20.7 Å². The van der Waals surface area contributed by atoms with Crippen LogP contribution in [0.2, 0.25) is 0 Å². The molecule has 0 atom stereocenters. The summed E-state index contributed by atoms with van der Waals surface area (Å²) in [4.78, 5) is 16.6. The van der Waals surface area contributed by atoms with E-state index in [2.05, 4.69) is 26.2 Å². The number of para-hydroxylation sites is 1. The summed E-state index contributed by atoms with van der Waals surface area (Å²) in [6, 6.07) is 17.5. The molecular weight excluding hydrogens is 435 g/mol. The van der Waals surface area contributed by atoms with Crippen LogP contribution in [0.25, 0.3) is 16.9 Å². The Balaban J connectivity index is 1.63. The lowest BCUT2D eigenvalue weighted by Crippen LogP contribution is -2.23. The molecule has 0 aliphatic heterocycles.